The van der Waals surface area contributed by atoms with Crippen LogP contribution in [0.5, 0.6) is 11.5 Å². The van der Waals surface area contributed by atoms with Gasteiger partial charge in [-0.3, -0.25) is 10.1 Å². The smallest absolute Gasteiger partial charge is 0.343 e. The minimum Gasteiger partial charge on any atom is -0.494 e. The Morgan fingerprint density at radius 1 is 0.818 bits per heavy atom. The third kappa shape index (κ3) is 7.53. The third-order valence-electron chi connectivity index (χ3n) is 4.75. The average Bonchev–Trinajstić information content (AvgIpc) is 2.84. The zero-order valence-corrected chi connectivity index (χ0v) is 18.3. The second-order valence-corrected chi connectivity index (χ2v) is 7.29. The van der Waals surface area contributed by atoms with Crippen LogP contribution in [0.1, 0.15) is 43.0 Å². The van der Waals surface area contributed by atoms with Crippen LogP contribution in [0.2, 0.25) is 0 Å². The van der Waals surface area contributed by atoms with Crippen molar-refractivity contribution >= 4 is 23.0 Å². The average molecular weight is 447 g/mol. The van der Waals surface area contributed by atoms with E-state index in [0.717, 1.165) is 18.6 Å². The van der Waals surface area contributed by atoms with Crippen LogP contribution in [0.25, 0.3) is 0 Å². The van der Waals surface area contributed by atoms with E-state index < -0.39 is 10.9 Å². The lowest BCUT2D eigenvalue weighted by Gasteiger charge is -2.07. The molecule has 0 saturated carbocycles. The van der Waals surface area contributed by atoms with Gasteiger partial charge in [-0.1, -0.05) is 26.2 Å². The number of hydrogen-bond donors (Lipinski definition) is 0. The van der Waals surface area contributed by atoms with Crippen LogP contribution in [0.3, 0.4) is 0 Å². The fourth-order valence-corrected chi connectivity index (χ4v) is 2.91. The van der Waals surface area contributed by atoms with E-state index in [1.54, 1.807) is 48.5 Å². The summed E-state index contributed by atoms with van der Waals surface area (Å²) in [5, 5.41) is 18.8. The molecule has 0 bridgehead atoms. The predicted molar refractivity (Wildman–Crippen MR) is 125 cm³/mol. The van der Waals surface area contributed by atoms with E-state index in [9.17, 15) is 14.9 Å². The number of ether oxygens (including phenoxy) is 2. The second-order valence-electron chi connectivity index (χ2n) is 7.29. The van der Waals surface area contributed by atoms with Gasteiger partial charge in [0.2, 0.25) is 0 Å². The molecule has 0 amide bonds. The summed E-state index contributed by atoms with van der Waals surface area (Å²) in [6.45, 7) is 2.83. The highest BCUT2D eigenvalue weighted by molar-refractivity contribution is 5.91. The molecule has 0 fully saturated rings. The molecule has 170 valence electrons. The molecule has 33 heavy (non-hydrogen) atoms. The Bertz CT molecular complexity index is 1080. The number of carbonyl (C=O) groups excluding carboxylic acids is 1. The van der Waals surface area contributed by atoms with E-state index in [1.807, 2.05) is 0 Å². The zero-order valence-electron chi connectivity index (χ0n) is 18.3. The van der Waals surface area contributed by atoms with Crippen LogP contribution < -0.4 is 9.47 Å². The maximum atomic E-state index is 12.4. The number of nitrogens with zero attached hydrogens (tertiary/aromatic N) is 3. The predicted octanol–water partition coefficient (Wildman–Crippen LogP) is 7.19. The highest BCUT2D eigenvalue weighted by Gasteiger charge is 2.09. The number of azo groups is 1. The summed E-state index contributed by atoms with van der Waals surface area (Å²) in [7, 11) is 0. The number of rotatable bonds is 11. The maximum absolute atomic E-state index is 12.4. The number of non-ortho nitro benzene ring substituents is 1. The summed E-state index contributed by atoms with van der Waals surface area (Å²) < 4.78 is 11.1. The normalized spacial score (nSPS) is 10.8. The Kier molecular flexibility index (Phi) is 8.64. The molecule has 0 aliphatic rings. The topological polar surface area (TPSA) is 103 Å². The molecule has 3 rings (SSSR count). The summed E-state index contributed by atoms with van der Waals surface area (Å²) in [4.78, 5) is 22.6. The molecule has 0 aliphatic carbocycles. The van der Waals surface area contributed by atoms with Crippen molar-refractivity contribution in [3.05, 3.63) is 88.5 Å². The molecule has 0 aromatic heterocycles. The largest absolute Gasteiger partial charge is 0.494 e. The molecular weight excluding hydrogens is 422 g/mol. The van der Waals surface area contributed by atoms with Crippen molar-refractivity contribution < 1.29 is 19.2 Å². The standard InChI is InChI=1S/C25H25N3O5/c1-2-3-4-5-18-32-23-14-6-19(7-15-23)25(29)33-24-16-10-21(11-17-24)27-26-20-8-12-22(13-9-20)28(30)31/h6-17H,2-5,18H2,1H3. The highest BCUT2D eigenvalue weighted by Crippen LogP contribution is 2.23. The maximum Gasteiger partial charge on any atom is 0.343 e. The van der Waals surface area contributed by atoms with Gasteiger partial charge in [0.1, 0.15) is 11.5 Å². The number of unbranched alkanes of at least 4 members (excludes halogenated alkanes) is 3. The minimum atomic E-state index is -0.474. The molecule has 8 heteroatoms. The van der Waals surface area contributed by atoms with E-state index in [1.165, 1.54) is 37.1 Å². The molecule has 8 nitrogen and oxygen atoms in total. The number of benzene rings is 3. The van der Waals surface area contributed by atoms with Gasteiger partial charge in [0.25, 0.3) is 5.69 Å². The summed E-state index contributed by atoms with van der Waals surface area (Å²) in [6, 6.07) is 19.2. The van der Waals surface area contributed by atoms with Crippen molar-refractivity contribution in [2.24, 2.45) is 10.2 Å². The second kappa shape index (κ2) is 12.1. The Hall–Kier alpha value is -4.07. The number of hydrogen-bond acceptors (Lipinski definition) is 7. The van der Waals surface area contributed by atoms with Crippen molar-refractivity contribution in [2.75, 3.05) is 6.61 Å². The highest BCUT2D eigenvalue weighted by atomic mass is 16.6. The lowest BCUT2D eigenvalue weighted by atomic mass is 10.2. The molecule has 3 aromatic carbocycles. The SMILES string of the molecule is CCCCCCOc1ccc(C(=O)Oc2ccc(N=Nc3ccc([N+](=O)[O-])cc3)cc2)cc1. The first-order valence-electron chi connectivity index (χ1n) is 10.8. The monoisotopic (exact) mass is 447 g/mol. The van der Waals surface area contributed by atoms with Crippen LogP contribution in [0.15, 0.2) is 83.0 Å². The molecule has 0 spiro atoms. The Labute approximate surface area is 192 Å². The molecule has 3 aromatic rings. The lowest BCUT2D eigenvalue weighted by Crippen LogP contribution is -2.08. The van der Waals surface area contributed by atoms with Crippen molar-refractivity contribution in [2.45, 2.75) is 32.6 Å². The van der Waals surface area contributed by atoms with E-state index in [-0.39, 0.29) is 5.69 Å². The number of nitro groups is 1. The van der Waals surface area contributed by atoms with Crippen LogP contribution >= 0.6 is 0 Å². The number of carbonyl (C=O) groups is 1. The van der Waals surface area contributed by atoms with Crippen LogP contribution in [0, 0.1) is 10.1 Å². The first-order chi connectivity index (χ1) is 16.0. The summed E-state index contributed by atoms with van der Waals surface area (Å²) in [5.41, 5.74) is 1.46. The van der Waals surface area contributed by atoms with Crippen molar-refractivity contribution in [1.29, 1.82) is 0 Å². The van der Waals surface area contributed by atoms with Gasteiger partial charge < -0.3 is 9.47 Å². The summed E-state index contributed by atoms with van der Waals surface area (Å²) in [6.07, 6.45) is 4.56. The van der Waals surface area contributed by atoms with Gasteiger partial charge in [-0.2, -0.15) is 10.2 Å². The van der Waals surface area contributed by atoms with Gasteiger partial charge in [-0.05, 0) is 67.1 Å². The van der Waals surface area contributed by atoms with E-state index in [2.05, 4.69) is 17.2 Å². The number of esters is 1. The minimum absolute atomic E-state index is 0.00954. The van der Waals surface area contributed by atoms with Gasteiger partial charge in [-0.25, -0.2) is 4.79 Å². The Morgan fingerprint density at radius 2 is 1.39 bits per heavy atom. The van der Waals surface area contributed by atoms with Gasteiger partial charge in [0.15, 0.2) is 0 Å². The fourth-order valence-electron chi connectivity index (χ4n) is 2.91. The lowest BCUT2D eigenvalue weighted by molar-refractivity contribution is -0.384. The molecule has 0 aliphatic heterocycles. The summed E-state index contributed by atoms with van der Waals surface area (Å²) >= 11 is 0. The molecule has 0 atom stereocenters. The Morgan fingerprint density at radius 3 is 1.97 bits per heavy atom. The molecule has 0 radical (unpaired) electrons. The Balaban J connectivity index is 1.50. The third-order valence-corrected chi connectivity index (χ3v) is 4.75. The number of nitro benzene ring substituents is 1. The van der Waals surface area contributed by atoms with Crippen LogP contribution in [-0.2, 0) is 0 Å². The molecule has 0 unspecified atom stereocenters. The first-order valence-corrected chi connectivity index (χ1v) is 10.8. The molecule has 0 N–H and O–H groups in total. The van der Waals surface area contributed by atoms with Gasteiger partial charge in [0.05, 0.1) is 28.5 Å². The summed E-state index contributed by atoms with van der Waals surface area (Å²) in [5.74, 6) is 0.640. The van der Waals surface area contributed by atoms with Gasteiger partial charge >= 0.3 is 5.97 Å². The van der Waals surface area contributed by atoms with Crippen molar-refractivity contribution in [3.8, 4) is 11.5 Å². The fraction of sp³-hybridized carbons (Fsp3) is 0.240. The molecular formula is C25H25N3O5. The van der Waals surface area contributed by atoms with E-state index >= 15 is 0 Å². The zero-order chi connectivity index (χ0) is 23.5. The van der Waals surface area contributed by atoms with Gasteiger partial charge in [-0.15, -0.1) is 0 Å². The quantitative estimate of drug-likeness (QED) is 0.0772. The van der Waals surface area contributed by atoms with Crippen LogP contribution in [0.4, 0.5) is 17.1 Å². The van der Waals surface area contributed by atoms with Crippen LogP contribution in [-0.4, -0.2) is 17.5 Å². The molecule has 0 heterocycles. The van der Waals surface area contributed by atoms with Gasteiger partial charge in [0, 0.05) is 12.1 Å². The van der Waals surface area contributed by atoms with Crippen molar-refractivity contribution in [1.82, 2.24) is 0 Å². The molecule has 0 saturated heterocycles. The van der Waals surface area contributed by atoms with E-state index in [4.69, 9.17) is 9.47 Å². The van der Waals surface area contributed by atoms with Crippen molar-refractivity contribution in [3.63, 3.8) is 0 Å². The first kappa shape index (κ1) is 23.6. The van der Waals surface area contributed by atoms with E-state index in [0.29, 0.717) is 29.3 Å².